The zero-order valence-electron chi connectivity index (χ0n) is 14.8. The van der Waals surface area contributed by atoms with Gasteiger partial charge in [-0.3, -0.25) is 9.59 Å². The first-order valence-electron chi connectivity index (χ1n) is 8.83. The number of morpholine rings is 1. The highest BCUT2D eigenvalue weighted by Crippen LogP contribution is 2.16. The van der Waals surface area contributed by atoms with E-state index < -0.39 is 6.04 Å². The second kappa shape index (κ2) is 8.83. The number of carbonyl (C=O) groups is 2. The number of nitrogens with one attached hydrogen (secondary N) is 1. The topological polar surface area (TPSA) is 58.6 Å². The van der Waals surface area contributed by atoms with E-state index in [1.54, 1.807) is 12.1 Å². The third-order valence-electron chi connectivity index (χ3n) is 4.71. The van der Waals surface area contributed by atoms with Gasteiger partial charge in [0.25, 0.3) is 5.91 Å². The molecular weight excluding hydrogens is 304 g/mol. The highest BCUT2D eigenvalue weighted by atomic mass is 16.5. The van der Waals surface area contributed by atoms with Gasteiger partial charge >= 0.3 is 0 Å². The number of nitrogens with zero attached hydrogens (tertiary/aromatic N) is 1. The molecule has 24 heavy (non-hydrogen) atoms. The molecule has 1 aliphatic heterocycles. The van der Waals surface area contributed by atoms with Gasteiger partial charge in [0.2, 0.25) is 5.91 Å². The molecule has 0 bridgehead atoms. The summed E-state index contributed by atoms with van der Waals surface area (Å²) < 4.78 is 5.64. The Balaban J connectivity index is 2.10. The van der Waals surface area contributed by atoms with Crippen LogP contribution in [-0.2, 0) is 9.53 Å². The molecule has 1 aromatic rings. The second-order valence-electron chi connectivity index (χ2n) is 6.39. The predicted molar refractivity (Wildman–Crippen MR) is 93.8 cm³/mol. The molecule has 1 saturated heterocycles. The molecule has 0 unspecified atom stereocenters. The first-order chi connectivity index (χ1) is 11.6. The molecule has 1 heterocycles. The fourth-order valence-corrected chi connectivity index (χ4v) is 2.86. The Bertz CT molecular complexity index is 547. The first kappa shape index (κ1) is 18.5. The van der Waals surface area contributed by atoms with E-state index in [1.807, 2.05) is 36.9 Å². The number of ether oxygens (including phenoxy) is 1. The summed E-state index contributed by atoms with van der Waals surface area (Å²) in [4.78, 5) is 27.3. The third kappa shape index (κ3) is 4.57. The maximum absolute atomic E-state index is 13.0. The summed E-state index contributed by atoms with van der Waals surface area (Å²) in [5, 5.41) is 2.94. The summed E-state index contributed by atoms with van der Waals surface area (Å²) in [6.07, 6.45) is 1.80. The summed E-state index contributed by atoms with van der Waals surface area (Å²) >= 11 is 0. The Hall–Kier alpha value is -1.88. The minimum atomic E-state index is -0.502. The summed E-state index contributed by atoms with van der Waals surface area (Å²) in [6.45, 7) is 7.85. The van der Waals surface area contributed by atoms with E-state index in [0.29, 0.717) is 25.3 Å². The fourth-order valence-electron chi connectivity index (χ4n) is 2.86. The van der Waals surface area contributed by atoms with Crippen LogP contribution in [0.3, 0.4) is 0 Å². The molecular formula is C19H28N2O3. The van der Waals surface area contributed by atoms with Gasteiger partial charge in [0.1, 0.15) is 6.04 Å². The van der Waals surface area contributed by atoms with Crippen molar-refractivity contribution in [1.29, 1.82) is 0 Å². The largest absolute Gasteiger partial charge is 0.375 e. The molecule has 2 amide bonds. The molecule has 1 aromatic carbocycles. The Morgan fingerprint density at radius 2 is 2.00 bits per heavy atom. The summed E-state index contributed by atoms with van der Waals surface area (Å²) in [5.74, 6) is -0.127. The summed E-state index contributed by atoms with van der Waals surface area (Å²) in [7, 11) is 0. The lowest BCUT2D eigenvalue weighted by atomic mass is 9.96. The molecule has 5 heteroatoms. The molecule has 1 N–H and O–H groups in total. The van der Waals surface area contributed by atoms with Gasteiger partial charge in [-0.05, 0) is 24.5 Å². The summed E-state index contributed by atoms with van der Waals surface area (Å²) in [5.41, 5.74) is 0.576. The van der Waals surface area contributed by atoms with Gasteiger partial charge in [-0.2, -0.15) is 0 Å². The molecule has 1 aliphatic rings. The highest BCUT2D eigenvalue weighted by Gasteiger charge is 2.32. The van der Waals surface area contributed by atoms with Crippen molar-refractivity contribution >= 4 is 11.8 Å². The Kier molecular flexibility index (Phi) is 6.79. The second-order valence-corrected chi connectivity index (χ2v) is 6.39. The van der Waals surface area contributed by atoms with Crippen LogP contribution in [0.1, 0.15) is 44.0 Å². The van der Waals surface area contributed by atoms with Crippen LogP contribution in [0.4, 0.5) is 0 Å². The molecule has 0 aromatic heterocycles. The normalized spacial score (nSPS) is 20.3. The van der Waals surface area contributed by atoms with Crippen molar-refractivity contribution in [2.24, 2.45) is 5.92 Å². The maximum Gasteiger partial charge on any atom is 0.251 e. The van der Waals surface area contributed by atoms with Crippen molar-refractivity contribution in [3.63, 3.8) is 0 Å². The van der Waals surface area contributed by atoms with Gasteiger partial charge in [0.15, 0.2) is 0 Å². The first-order valence-corrected chi connectivity index (χ1v) is 8.83. The third-order valence-corrected chi connectivity index (χ3v) is 4.71. The number of hydrogen-bond donors (Lipinski definition) is 1. The van der Waals surface area contributed by atoms with Crippen molar-refractivity contribution in [3.05, 3.63) is 35.9 Å². The number of amides is 2. The van der Waals surface area contributed by atoms with Crippen molar-refractivity contribution in [2.75, 3.05) is 19.7 Å². The molecule has 2 rings (SSSR count). The Morgan fingerprint density at radius 3 is 2.62 bits per heavy atom. The number of benzene rings is 1. The van der Waals surface area contributed by atoms with Gasteiger partial charge < -0.3 is 15.0 Å². The van der Waals surface area contributed by atoms with E-state index in [0.717, 1.165) is 12.8 Å². The van der Waals surface area contributed by atoms with E-state index in [1.165, 1.54) is 0 Å². The smallest absolute Gasteiger partial charge is 0.251 e. The standard InChI is InChI=1S/C19H28N2O3/c1-4-14(3)17(20-18(22)15-9-7-6-8-10-15)19(23)21-11-12-24-16(5-2)13-21/h6-10,14,16-17H,4-5,11-13H2,1-3H3,(H,20,22)/t14-,16+,17+/m0/s1. The maximum atomic E-state index is 13.0. The van der Waals surface area contributed by atoms with Gasteiger partial charge in [-0.15, -0.1) is 0 Å². The molecule has 132 valence electrons. The van der Waals surface area contributed by atoms with Crippen LogP contribution in [0.25, 0.3) is 0 Å². The van der Waals surface area contributed by atoms with Crippen LogP contribution in [0.5, 0.6) is 0 Å². The van der Waals surface area contributed by atoms with Gasteiger partial charge in [-0.1, -0.05) is 45.4 Å². The molecule has 0 aliphatic carbocycles. The Morgan fingerprint density at radius 1 is 1.29 bits per heavy atom. The van der Waals surface area contributed by atoms with Crippen LogP contribution in [0.2, 0.25) is 0 Å². The minimum absolute atomic E-state index is 0.00428. The van der Waals surface area contributed by atoms with E-state index in [-0.39, 0.29) is 23.8 Å². The average Bonchev–Trinajstić information content (AvgIpc) is 2.65. The van der Waals surface area contributed by atoms with Gasteiger partial charge in [0, 0.05) is 18.7 Å². The predicted octanol–water partition coefficient (Wildman–Crippen LogP) is 2.47. The lowest BCUT2D eigenvalue weighted by molar-refractivity contribution is -0.142. The van der Waals surface area contributed by atoms with Crippen molar-refractivity contribution < 1.29 is 14.3 Å². The van der Waals surface area contributed by atoms with Crippen LogP contribution in [-0.4, -0.2) is 48.6 Å². The van der Waals surface area contributed by atoms with Crippen molar-refractivity contribution in [2.45, 2.75) is 45.8 Å². The van der Waals surface area contributed by atoms with E-state index in [4.69, 9.17) is 4.74 Å². The van der Waals surface area contributed by atoms with E-state index >= 15 is 0 Å². The number of carbonyl (C=O) groups excluding carboxylic acids is 2. The fraction of sp³-hybridized carbons (Fsp3) is 0.579. The molecule has 0 saturated carbocycles. The zero-order valence-corrected chi connectivity index (χ0v) is 14.8. The lowest BCUT2D eigenvalue weighted by Crippen LogP contribution is -2.55. The van der Waals surface area contributed by atoms with Crippen molar-refractivity contribution in [1.82, 2.24) is 10.2 Å². The number of hydrogen-bond acceptors (Lipinski definition) is 3. The van der Waals surface area contributed by atoms with Gasteiger partial charge in [-0.25, -0.2) is 0 Å². The van der Waals surface area contributed by atoms with Crippen LogP contribution < -0.4 is 5.32 Å². The lowest BCUT2D eigenvalue weighted by Gasteiger charge is -2.36. The zero-order chi connectivity index (χ0) is 17.5. The van der Waals surface area contributed by atoms with Crippen LogP contribution >= 0.6 is 0 Å². The monoisotopic (exact) mass is 332 g/mol. The Labute approximate surface area is 144 Å². The molecule has 0 spiro atoms. The summed E-state index contributed by atoms with van der Waals surface area (Å²) in [6, 6.07) is 8.53. The van der Waals surface area contributed by atoms with Gasteiger partial charge in [0.05, 0.1) is 12.7 Å². The van der Waals surface area contributed by atoms with E-state index in [2.05, 4.69) is 12.2 Å². The highest BCUT2D eigenvalue weighted by molar-refractivity contribution is 5.97. The van der Waals surface area contributed by atoms with Crippen LogP contribution in [0.15, 0.2) is 30.3 Å². The molecule has 0 radical (unpaired) electrons. The van der Waals surface area contributed by atoms with Crippen molar-refractivity contribution in [3.8, 4) is 0 Å². The molecule has 3 atom stereocenters. The van der Waals surface area contributed by atoms with Crippen LogP contribution in [0, 0.1) is 5.92 Å². The SMILES string of the molecule is CC[C@@H]1CN(C(=O)[C@H](NC(=O)c2ccccc2)[C@@H](C)CC)CCO1. The average molecular weight is 332 g/mol. The van der Waals surface area contributed by atoms with E-state index in [9.17, 15) is 9.59 Å². The molecule has 5 nitrogen and oxygen atoms in total. The number of rotatable bonds is 6. The minimum Gasteiger partial charge on any atom is -0.375 e. The molecule has 1 fully saturated rings. The quantitative estimate of drug-likeness (QED) is 0.870.